The van der Waals surface area contributed by atoms with Crippen molar-refractivity contribution in [1.82, 2.24) is 0 Å². The van der Waals surface area contributed by atoms with Crippen LogP contribution in [0.25, 0.3) is 0 Å². The lowest BCUT2D eigenvalue weighted by Gasteiger charge is -2.33. The maximum absolute atomic E-state index is 9.00. The fraction of sp³-hybridized carbons (Fsp3) is 0.533. The van der Waals surface area contributed by atoms with Crippen molar-refractivity contribution in [3.05, 3.63) is 29.3 Å². The fourth-order valence-corrected chi connectivity index (χ4v) is 2.37. The van der Waals surface area contributed by atoms with Crippen LogP contribution >= 0.6 is 0 Å². The Kier molecular flexibility index (Phi) is 6.98. The van der Waals surface area contributed by atoms with Gasteiger partial charge in [-0.25, -0.2) is 0 Å². The molecule has 0 heterocycles. The number of methoxy groups -OCH3 is 2. The molecule has 0 bridgehead atoms. The van der Waals surface area contributed by atoms with E-state index >= 15 is 0 Å². The molecule has 0 saturated heterocycles. The Hall–Kier alpha value is -1.79. The summed E-state index contributed by atoms with van der Waals surface area (Å²) < 4.78 is 10.5. The molecule has 6 nitrogen and oxygen atoms in total. The summed E-state index contributed by atoms with van der Waals surface area (Å²) >= 11 is 0. The quantitative estimate of drug-likeness (QED) is 0.329. The summed E-state index contributed by atoms with van der Waals surface area (Å²) in [5.41, 5.74) is 8.51. The number of anilines is 1. The Labute approximate surface area is 126 Å². The Morgan fingerprint density at radius 1 is 1.38 bits per heavy atom. The zero-order valence-electron chi connectivity index (χ0n) is 13.2. The van der Waals surface area contributed by atoms with E-state index in [0.717, 1.165) is 11.3 Å². The third-order valence-corrected chi connectivity index (χ3v) is 3.38. The van der Waals surface area contributed by atoms with Gasteiger partial charge in [0.05, 0.1) is 18.9 Å². The van der Waals surface area contributed by atoms with E-state index in [1.165, 1.54) is 0 Å². The van der Waals surface area contributed by atoms with Gasteiger partial charge in [0, 0.05) is 32.4 Å². The normalized spacial score (nSPS) is 13.2. The average molecular weight is 295 g/mol. The van der Waals surface area contributed by atoms with E-state index in [2.05, 4.69) is 17.0 Å². The van der Waals surface area contributed by atoms with Crippen LogP contribution in [0.1, 0.15) is 18.1 Å². The summed E-state index contributed by atoms with van der Waals surface area (Å²) in [7, 11) is 3.34. The molecule has 1 unspecified atom stereocenters. The van der Waals surface area contributed by atoms with E-state index in [0.29, 0.717) is 25.3 Å². The molecule has 3 N–H and O–H groups in total. The van der Waals surface area contributed by atoms with Gasteiger partial charge in [0.25, 0.3) is 0 Å². The van der Waals surface area contributed by atoms with Gasteiger partial charge in [0.15, 0.2) is 5.84 Å². The number of hydrogen-bond donors (Lipinski definition) is 2. The predicted molar refractivity (Wildman–Crippen MR) is 84.2 cm³/mol. The largest absolute Gasteiger partial charge is 0.409 e. The molecule has 0 amide bonds. The molecule has 0 saturated carbocycles. The SMILES string of the molecule is COCCN(c1c(C)cccc1/C(N)=N/O)C(C)COC. The number of benzene rings is 1. The minimum absolute atomic E-state index is 0.0979. The maximum Gasteiger partial charge on any atom is 0.172 e. The molecule has 118 valence electrons. The predicted octanol–water partition coefficient (Wildman–Crippen LogP) is 1.58. The van der Waals surface area contributed by atoms with Crippen LogP contribution in [0.4, 0.5) is 5.69 Å². The highest BCUT2D eigenvalue weighted by atomic mass is 16.5. The van der Waals surface area contributed by atoms with E-state index in [4.69, 9.17) is 20.4 Å². The highest BCUT2D eigenvalue weighted by Crippen LogP contribution is 2.27. The van der Waals surface area contributed by atoms with Gasteiger partial charge in [0.2, 0.25) is 0 Å². The van der Waals surface area contributed by atoms with Gasteiger partial charge in [-0.2, -0.15) is 0 Å². The zero-order valence-corrected chi connectivity index (χ0v) is 13.2. The van der Waals surface area contributed by atoms with Gasteiger partial charge in [0.1, 0.15) is 0 Å². The number of nitrogens with two attached hydrogens (primary N) is 1. The third kappa shape index (κ3) is 4.34. The van der Waals surface area contributed by atoms with E-state index in [1.54, 1.807) is 14.2 Å². The number of nitrogens with zero attached hydrogens (tertiary/aromatic N) is 2. The Morgan fingerprint density at radius 3 is 2.67 bits per heavy atom. The Bertz CT molecular complexity index is 477. The monoisotopic (exact) mass is 295 g/mol. The minimum Gasteiger partial charge on any atom is -0.409 e. The summed E-state index contributed by atoms with van der Waals surface area (Å²) in [5, 5.41) is 12.1. The molecular weight excluding hydrogens is 270 g/mol. The van der Waals surface area contributed by atoms with Crippen molar-refractivity contribution in [3.63, 3.8) is 0 Å². The maximum atomic E-state index is 9.00. The average Bonchev–Trinajstić information content (AvgIpc) is 2.48. The van der Waals surface area contributed by atoms with Gasteiger partial charge < -0.3 is 25.3 Å². The highest BCUT2D eigenvalue weighted by molar-refractivity contribution is 6.02. The van der Waals surface area contributed by atoms with Crippen molar-refractivity contribution in [2.45, 2.75) is 19.9 Å². The molecule has 6 heteroatoms. The lowest BCUT2D eigenvalue weighted by atomic mass is 10.0. The third-order valence-electron chi connectivity index (χ3n) is 3.38. The smallest absolute Gasteiger partial charge is 0.172 e. The minimum atomic E-state index is 0.0979. The van der Waals surface area contributed by atoms with Crippen LogP contribution in [0.2, 0.25) is 0 Å². The Morgan fingerprint density at radius 2 is 2.10 bits per heavy atom. The first-order chi connectivity index (χ1) is 10.1. The first-order valence-corrected chi connectivity index (χ1v) is 6.88. The lowest BCUT2D eigenvalue weighted by molar-refractivity contribution is 0.171. The summed E-state index contributed by atoms with van der Waals surface area (Å²) in [6.45, 7) is 5.92. The topological polar surface area (TPSA) is 80.3 Å². The van der Waals surface area contributed by atoms with Crippen molar-refractivity contribution in [3.8, 4) is 0 Å². The fourth-order valence-electron chi connectivity index (χ4n) is 2.37. The molecule has 0 radical (unpaired) electrons. The van der Waals surface area contributed by atoms with Crippen LogP contribution in [-0.2, 0) is 9.47 Å². The van der Waals surface area contributed by atoms with Crippen molar-refractivity contribution in [2.24, 2.45) is 10.9 Å². The number of ether oxygens (including phenoxy) is 2. The van der Waals surface area contributed by atoms with Crippen molar-refractivity contribution in [2.75, 3.05) is 38.9 Å². The van der Waals surface area contributed by atoms with Gasteiger partial charge in [-0.15, -0.1) is 0 Å². The molecule has 0 aliphatic carbocycles. The number of rotatable bonds is 8. The number of aryl methyl sites for hydroxylation is 1. The second-order valence-corrected chi connectivity index (χ2v) is 4.95. The zero-order chi connectivity index (χ0) is 15.8. The van der Waals surface area contributed by atoms with Gasteiger partial charge in [-0.05, 0) is 25.5 Å². The van der Waals surface area contributed by atoms with Crippen LogP contribution in [-0.4, -0.2) is 51.1 Å². The molecule has 1 rings (SSSR count). The highest BCUT2D eigenvalue weighted by Gasteiger charge is 2.21. The lowest BCUT2D eigenvalue weighted by Crippen LogP contribution is -2.40. The van der Waals surface area contributed by atoms with Crippen molar-refractivity contribution < 1.29 is 14.7 Å². The van der Waals surface area contributed by atoms with E-state index < -0.39 is 0 Å². The number of hydrogen-bond acceptors (Lipinski definition) is 5. The van der Waals surface area contributed by atoms with Crippen molar-refractivity contribution in [1.29, 1.82) is 0 Å². The molecule has 0 aliphatic heterocycles. The van der Waals surface area contributed by atoms with Gasteiger partial charge >= 0.3 is 0 Å². The molecular formula is C15H25N3O3. The summed E-state index contributed by atoms with van der Waals surface area (Å²) in [6.07, 6.45) is 0. The molecule has 1 aromatic carbocycles. The molecule has 21 heavy (non-hydrogen) atoms. The summed E-state index contributed by atoms with van der Waals surface area (Å²) in [5.74, 6) is 0.0979. The summed E-state index contributed by atoms with van der Waals surface area (Å²) in [4.78, 5) is 2.16. The molecule has 0 aromatic heterocycles. The number of para-hydroxylation sites is 1. The first-order valence-electron chi connectivity index (χ1n) is 6.88. The number of amidine groups is 1. The molecule has 1 aromatic rings. The standard InChI is InChI=1S/C15H25N3O3/c1-11-6-5-7-13(15(16)17-19)14(11)18(8-9-20-3)12(2)10-21-4/h5-7,12,19H,8-10H2,1-4H3,(H2,16,17). The van der Waals surface area contributed by atoms with Crippen LogP contribution in [0.3, 0.4) is 0 Å². The van der Waals surface area contributed by atoms with Crippen LogP contribution in [0.15, 0.2) is 23.4 Å². The van der Waals surface area contributed by atoms with E-state index in [1.807, 2.05) is 25.1 Å². The van der Waals surface area contributed by atoms with Crippen molar-refractivity contribution >= 4 is 11.5 Å². The van der Waals surface area contributed by atoms with E-state index in [9.17, 15) is 0 Å². The van der Waals surface area contributed by atoms with Crippen LogP contribution < -0.4 is 10.6 Å². The molecule has 0 aliphatic rings. The molecule has 0 spiro atoms. The van der Waals surface area contributed by atoms with Crippen LogP contribution in [0.5, 0.6) is 0 Å². The first kappa shape index (κ1) is 17.3. The Balaban J connectivity index is 3.28. The second kappa shape index (κ2) is 8.49. The van der Waals surface area contributed by atoms with Crippen LogP contribution in [0, 0.1) is 6.92 Å². The van der Waals surface area contributed by atoms with Gasteiger partial charge in [-0.3, -0.25) is 0 Å². The molecule has 1 atom stereocenters. The van der Waals surface area contributed by atoms with Gasteiger partial charge in [-0.1, -0.05) is 17.3 Å². The number of oxime groups is 1. The second-order valence-electron chi connectivity index (χ2n) is 4.95. The molecule has 0 fully saturated rings. The summed E-state index contributed by atoms with van der Waals surface area (Å²) in [6, 6.07) is 5.87. The van der Waals surface area contributed by atoms with E-state index in [-0.39, 0.29) is 11.9 Å².